The first-order chi connectivity index (χ1) is 11.0. The summed E-state index contributed by atoms with van der Waals surface area (Å²) in [6.45, 7) is 0. The maximum atomic E-state index is 11.7. The van der Waals surface area contributed by atoms with Crippen LogP contribution in [0.25, 0.3) is 0 Å². The smallest absolute Gasteiger partial charge is 0.316 e. The first-order valence-electron chi connectivity index (χ1n) is 6.32. The number of halogens is 3. The van der Waals surface area contributed by atoms with Gasteiger partial charge in [-0.15, -0.1) is 0 Å². The number of amides is 2. The molecule has 0 radical (unpaired) electrons. The van der Waals surface area contributed by atoms with Gasteiger partial charge in [0.25, 0.3) is 0 Å². The minimum Gasteiger partial charge on any atom is -0.316 e. The molecule has 2 aromatic carbocycles. The van der Waals surface area contributed by atoms with Crippen molar-refractivity contribution in [3.8, 4) is 0 Å². The van der Waals surface area contributed by atoms with Crippen molar-refractivity contribution in [3.05, 3.63) is 63.1 Å². The van der Waals surface area contributed by atoms with Gasteiger partial charge in [0.2, 0.25) is 0 Å². The monoisotopic (exact) mass is 369 g/mol. The standard InChI is InChI=1S/C15H10Cl3N3O2/c16-10-5-3-6-11(17)9(10)8-19-21-15(23)14(22)20-13-7-2-1-4-12(13)18/h1-8H,(H,20,22)(H,21,23)/b19-8+. The zero-order chi connectivity index (χ0) is 16.8. The van der Waals surface area contributed by atoms with E-state index in [2.05, 4.69) is 15.8 Å². The van der Waals surface area contributed by atoms with E-state index in [0.29, 0.717) is 26.3 Å². The molecule has 0 aliphatic carbocycles. The topological polar surface area (TPSA) is 70.6 Å². The maximum Gasteiger partial charge on any atom is 0.329 e. The van der Waals surface area contributed by atoms with E-state index in [1.54, 1.807) is 42.5 Å². The summed E-state index contributed by atoms with van der Waals surface area (Å²) in [4.78, 5) is 23.4. The average Bonchev–Trinajstić information content (AvgIpc) is 2.52. The van der Waals surface area contributed by atoms with Crippen LogP contribution >= 0.6 is 34.8 Å². The first kappa shape index (κ1) is 17.3. The molecule has 2 amide bonds. The second-order valence-corrected chi connectivity index (χ2v) is 5.49. The van der Waals surface area contributed by atoms with E-state index in [1.807, 2.05) is 0 Å². The largest absolute Gasteiger partial charge is 0.329 e. The summed E-state index contributed by atoms with van der Waals surface area (Å²) < 4.78 is 0. The Labute approximate surface area is 147 Å². The summed E-state index contributed by atoms with van der Waals surface area (Å²) >= 11 is 17.8. The van der Waals surface area contributed by atoms with Crippen molar-refractivity contribution >= 4 is 58.5 Å². The van der Waals surface area contributed by atoms with Crippen LogP contribution in [0.15, 0.2) is 47.6 Å². The molecule has 2 N–H and O–H groups in total. The predicted octanol–water partition coefficient (Wildman–Crippen LogP) is 3.74. The minimum absolute atomic E-state index is 0.319. The van der Waals surface area contributed by atoms with Crippen molar-refractivity contribution < 1.29 is 9.59 Å². The van der Waals surface area contributed by atoms with Gasteiger partial charge in [-0.25, -0.2) is 5.43 Å². The van der Waals surface area contributed by atoms with Gasteiger partial charge in [-0.1, -0.05) is 53.0 Å². The molecule has 23 heavy (non-hydrogen) atoms. The molecule has 0 unspecified atom stereocenters. The molecule has 0 spiro atoms. The van der Waals surface area contributed by atoms with Crippen LogP contribution in [0.4, 0.5) is 5.69 Å². The maximum absolute atomic E-state index is 11.7. The molecule has 0 aliphatic heterocycles. The Morgan fingerprint density at radius 3 is 2.13 bits per heavy atom. The number of rotatable bonds is 3. The highest BCUT2D eigenvalue weighted by Crippen LogP contribution is 2.22. The Morgan fingerprint density at radius 2 is 1.48 bits per heavy atom. The third-order valence-electron chi connectivity index (χ3n) is 2.69. The summed E-state index contributed by atoms with van der Waals surface area (Å²) in [5.74, 6) is -1.86. The number of benzene rings is 2. The van der Waals surface area contributed by atoms with Gasteiger partial charge in [-0.3, -0.25) is 9.59 Å². The lowest BCUT2D eigenvalue weighted by Crippen LogP contribution is -2.32. The van der Waals surface area contributed by atoms with Gasteiger partial charge >= 0.3 is 11.8 Å². The number of hydrazone groups is 1. The fraction of sp³-hybridized carbons (Fsp3) is 0. The second-order valence-electron chi connectivity index (χ2n) is 4.27. The van der Waals surface area contributed by atoms with Crippen LogP contribution in [0.2, 0.25) is 15.1 Å². The molecule has 5 nitrogen and oxygen atoms in total. The quantitative estimate of drug-likeness (QED) is 0.491. The Bertz CT molecular complexity index is 758. The SMILES string of the molecule is O=C(N/N=C/c1c(Cl)cccc1Cl)C(=O)Nc1ccccc1Cl. The zero-order valence-corrected chi connectivity index (χ0v) is 13.8. The third kappa shape index (κ3) is 4.69. The summed E-state index contributed by atoms with van der Waals surface area (Å²) in [7, 11) is 0. The Morgan fingerprint density at radius 1 is 0.870 bits per heavy atom. The van der Waals surface area contributed by atoms with E-state index >= 15 is 0 Å². The summed E-state index contributed by atoms with van der Waals surface area (Å²) in [6, 6.07) is 11.5. The normalized spacial score (nSPS) is 10.6. The lowest BCUT2D eigenvalue weighted by atomic mass is 10.2. The lowest BCUT2D eigenvalue weighted by Gasteiger charge is -2.05. The number of nitrogens with one attached hydrogen (secondary N) is 2. The number of carbonyl (C=O) groups excluding carboxylic acids is 2. The van der Waals surface area contributed by atoms with Crippen LogP contribution in [0.3, 0.4) is 0 Å². The van der Waals surface area contributed by atoms with E-state index in [9.17, 15) is 9.59 Å². The van der Waals surface area contributed by atoms with Gasteiger partial charge in [0.05, 0.1) is 27.0 Å². The lowest BCUT2D eigenvalue weighted by molar-refractivity contribution is -0.136. The molecule has 0 aromatic heterocycles. The van der Waals surface area contributed by atoms with Crippen LogP contribution in [-0.4, -0.2) is 18.0 Å². The molecule has 118 valence electrons. The number of anilines is 1. The van der Waals surface area contributed by atoms with Crippen LogP contribution in [0.1, 0.15) is 5.56 Å². The summed E-state index contributed by atoms with van der Waals surface area (Å²) in [6.07, 6.45) is 1.26. The van der Waals surface area contributed by atoms with E-state index in [0.717, 1.165) is 0 Å². The fourth-order valence-corrected chi connectivity index (χ4v) is 2.26. The zero-order valence-electron chi connectivity index (χ0n) is 11.5. The number of hydrogen-bond donors (Lipinski definition) is 2. The second kappa shape index (κ2) is 7.97. The molecular formula is C15H10Cl3N3O2. The molecular weight excluding hydrogens is 361 g/mol. The molecule has 0 saturated carbocycles. The highest BCUT2D eigenvalue weighted by atomic mass is 35.5. The molecule has 0 fully saturated rings. The van der Waals surface area contributed by atoms with Crippen molar-refractivity contribution in [3.63, 3.8) is 0 Å². The highest BCUT2D eigenvalue weighted by molar-refractivity contribution is 6.41. The summed E-state index contributed by atoms with van der Waals surface area (Å²) in [5.41, 5.74) is 2.84. The van der Waals surface area contributed by atoms with E-state index in [4.69, 9.17) is 34.8 Å². The van der Waals surface area contributed by atoms with Gasteiger partial charge in [0.15, 0.2) is 0 Å². The van der Waals surface area contributed by atoms with Crippen LogP contribution in [-0.2, 0) is 9.59 Å². The minimum atomic E-state index is -0.954. The molecule has 0 bridgehead atoms. The van der Waals surface area contributed by atoms with Crippen molar-refractivity contribution in [2.24, 2.45) is 5.10 Å². The van der Waals surface area contributed by atoms with Gasteiger partial charge in [0.1, 0.15) is 0 Å². The van der Waals surface area contributed by atoms with E-state index < -0.39 is 11.8 Å². The Hall–Kier alpha value is -2.08. The van der Waals surface area contributed by atoms with Crippen molar-refractivity contribution in [1.29, 1.82) is 0 Å². The average molecular weight is 371 g/mol. The molecule has 0 heterocycles. The first-order valence-corrected chi connectivity index (χ1v) is 7.45. The van der Waals surface area contributed by atoms with Crippen molar-refractivity contribution in [1.82, 2.24) is 5.43 Å². The molecule has 2 rings (SSSR count). The van der Waals surface area contributed by atoms with Crippen molar-refractivity contribution in [2.45, 2.75) is 0 Å². The number of nitrogens with zero attached hydrogens (tertiary/aromatic N) is 1. The van der Waals surface area contributed by atoms with Gasteiger partial charge in [-0.2, -0.15) is 5.10 Å². The van der Waals surface area contributed by atoms with E-state index in [-0.39, 0.29) is 0 Å². The molecule has 8 heteroatoms. The van der Waals surface area contributed by atoms with Crippen LogP contribution in [0, 0.1) is 0 Å². The number of hydrogen-bond acceptors (Lipinski definition) is 3. The number of para-hydroxylation sites is 1. The van der Waals surface area contributed by atoms with Gasteiger partial charge in [-0.05, 0) is 24.3 Å². The Kier molecular flexibility index (Phi) is 5.98. The van der Waals surface area contributed by atoms with Crippen LogP contribution < -0.4 is 10.7 Å². The molecule has 0 aliphatic rings. The third-order valence-corrected chi connectivity index (χ3v) is 3.68. The van der Waals surface area contributed by atoms with Gasteiger partial charge in [0, 0.05) is 5.56 Å². The van der Waals surface area contributed by atoms with E-state index in [1.165, 1.54) is 6.21 Å². The fourth-order valence-electron chi connectivity index (χ4n) is 1.58. The molecule has 2 aromatic rings. The predicted molar refractivity (Wildman–Crippen MR) is 92.3 cm³/mol. The molecule has 0 atom stereocenters. The summed E-state index contributed by atoms with van der Waals surface area (Å²) in [5, 5.41) is 7.10. The molecule has 0 saturated heterocycles. The van der Waals surface area contributed by atoms with Crippen molar-refractivity contribution in [2.75, 3.05) is 5.32 Å². The van der Waals surface area contributed by atoms with Crippen LogP contribution in [0.5, 0.6) is 0 Å². The highest BCUT2D eigenvalue weighted by Gasteiger charge is 2.14. The Balaban J connectivity index is 1.98. The number of carbonyl (C=O) groups is 2. The van der Waals surface area contributed by atoms with Gasteiger partial charge < -0.3 is 5.32 Å².